The van der Waals surface area contributed by atoms with Crippen LogP contribution in [0.25, 0.3) is 10.9 Å². The predicted octanol–water partition coefficient (Wildman–Crippen LogP) is 2.11. The van der Waals surface area contributed by atoms with Gasteiger partial charge in [-0.2, -0.15) is 0 Å². The van der Waals surface area contributed by atoms with E-state index in [0.717, 1.165) is 23.7 Å². The summed E-state index contributed by atoms with van der Waals surface area (Å²) in [6, 6.07) is 10.2. The summed E-state index contributed by atoms with van der Waals surface area (Å²) in [4.78, 5) is 24.6. The molecule has 1 aromatic carbocycles. The van der Waals surface area contributed by atoms with Crippen LogP contribution in [-0.2, 0) is 16.1 Å². The van der Waals surface area contributed by atoms with Gasteiger partial charge in [0, 0.05) is 30.7 Å². The third kappa shape index (κ3) is 3.07. The number of para-hydroxylation sites is 1. The number of carbonyl (C=O) groups excluding carboxylic acids is 1. The lowest BCUT2D eigenvalue weighted by Gasteiger charge is -2.20. The average molecular weight is 286 g/mol. The Bertz CT molecular complexity index is 673. The number of carbonyl (C=O) groups is 2. The normalized spacial score (nSPS) is 14.3. The smallest absolute Gasteiger partial charge is 0.323 e. The molecule has 1 aliphatic rings. The van der Waals surface area contributed by atoms with Gasteiger partial charge in [-0.15, -0.1) is 0 Å². The van der Waals surface area contributed by atoms with E-state index >= 15 is 0 Å². The van der Waals surface area contributed by atoms with Crippen molar-refractivity contribution >= 4 is 22.8 Å². The Balaban J connectivity index is 1.66. The first-order valence-corrected chi connectivity index (χ1v) is 7.20. The quantitative estimate of drug-likeness (QED) is 0.884. The average Bonchev–Trinajstić information content (AvgIpc) is 3.23. The molecule has 0 aliphatic heterocycles. The highest BCUT2D eigenvalue weighted by molar-refractivity contribution is 5.83. The first-order valence-electron chi connectivity index (χ1n) is 7.20. The number of aromatic nitrogens is 1. The highest BCUT2D eigenvalue weighted by atomic mass is 16.4. The minimum absolute atomic E-state index is 0.0716. The Morgan fingerprint density at radius 2 is 2.00 bits per heavy atom. The Morgan fingerprint density at radius 1 is 1.24 bits per heavy atom. The molecule has 110 valence electrons. The zero-order valence-electron chi connectivity index (χ0n) is 11.7. The number of aliphatic carboxylic acids is 1. The molecule has 21 heavy (non-hydrogen) atoms. The van der Waals surface area contributed by atoms with Crippen LogP contribution in [0.4, 0.5) is 0 Å². The molecule has 1 fully saturated rings. The number of rotatable bonds is 6. The van der Waals surface area contributed by atoms with Gasteiger partial charge in [0.25, 0.3) is 0 Å². The SMILES string of the molecule is O=C(O)CN(C(=O)CCn1ccc2ccccc21)C1CC1. The van der Waals surface area contributed by atoms with Crippen LogP contribution in [-0.4, -0.2) is 39.0 Å². The van der Waals surface area contributed by atoms with E-state index in [1.165, 1.54) is 4.90 Å². The van der Waals surface area contributed by atoms with Crippen LogP contribution >= 0.6 is 0 Å². The lowest BCUT2D eigenvalue weighted by molar-refractivity contribution is -0.145. The van der Waals surface area contributed by atoms with Gasteiger partial charge >= 0.3 is 5.97 Å². The summed E-state index contributed by atoms with van der Waals surface area (Å²) in [5, 5.41) is 10.1. The fourth-order valence-electron chi connectivity index (χ4n) is 2.65. The van der Waals surface area contributed by atoms with Gasteiger partial charge in [0.2, 0.25) is 5.91 Å². The summed E-state index contributed by atoms with van der Waals surface area (Å²) in [6.07, 6.45) is 4.15. The van der Waals surface area contributed by atoms with E-state index in [4.69, 9.17) is 5.11 Å². The van der Waals surface area contributed by atoms with Gasteiger partial charge in [-0.3, -0.25) is 9.59 Å². The molecule has 0 spiro atoms. The van der Waals surface area contributed by atoms with Gasteiger partial charge in [0.05, 0.1) is 0 Å². The number of benzene rings is 1. The van der Waals surface area contributed by atoms with Crippen LogP contribution in [0.1, 0.15) is 19.3 Å². The van der Waals surface area contributed by atoms with E-state index in [-0.39, 0.29) is 18.5 Å². The third-order valence-corrected chi connectivity index (χ3v) is 3.86. The van der Waals surface area contributed by atoms with E-state index in [0.29, 0.717) is 13.0 Å². The molecule has 3 rings (SSSR count). The van der Waals surface area contributed by atoms with Crippen molar-refractivity contribution in [1.82, 2.24) is 9.47 Å². The van der Waals surface area contributed by atoms with E-state index in [9.17, 15) is 9.59 Å². The minimum Gasteiger partial charge on any atom is -0.480 e. The Hall–Kier alpha value is -2.30. The predicted molar refractivity (Wildman–Crippen MR) is 78.9 cm³/mol. The largest absolute Gasteiger partial charge is 0.480 e. The number of amides is 1. The van der Waals surface area contributed by atoms with Crippen molar-refractivity contribution < 1.29 is 14.7 Å². The van der Waals surface area contributed by atoms with E-state index in [1.54, 1.807) is 0 Å². The van der Waals surface area contributed by atoms with Crippen LogP contribution in [0.2, 0.25) is 0 Å². The van der Waals surface area contributed by atoms with Crippen molar-refractivity contribution in [3.8, 4) is 0 Å². The summed E-state index contributed by atoms with van der Waals surface area (Å²) < 4.78 is 2.04. The van der Waals surface area contributed by atoms with Crippen molar-refractivity contribution in [1.29, 1.82) is 0 Å². The van der Waals surface area contributed by atoms with Crippen LogP contribution in [0, 0.1) is 0 Å². The molecule has 0 saturated heterocycles. The Labute approximate surface area is 122 Å². The van der Waals surface area contributed by atoms with Gasteiger partial charge < -0.3 is 14.6 Å². The fraction of sp³-hybridized carbons (Fsp3) is 0.375. The number of fused-ring (bicyclic) bond motifs is 1. The third-order valence-electron chi connectivity index (χ3n) is 3.86. The summed E-state index contributed by atoms with van der Waals surface area (Å²) in [5.41, 5.74) is 1.10. The summed E-state index contributed by atoms with van der Waals surface area (Å²) in [6.45, 7) is 0.394. The van der Waals surface area contributed by atoms with Crippen molar-refractivity contribution in [3.05, 3.63) is 36.5 Å². The summed E-state index contributed by atoms with van der Waals surface area (Å²) in [5.74, 6) is -1.01. The lowest BCUT2D eigenvalue weighted by atomic mass is 10.2. The van der Waals surface area contributed by atoms with Crippen molar-refractivity contribution in [2.75, 3.05) is 6.54 Å². The molecule has 0 radical (unpaired) electrons. The topological polar surface area (TPSA) is 62.5 Å². The second kappa shape index (κ2) is 5.60. The van der Waals surface area contributed by atoms with Crippen LogP contribution < -0.4 is 0 Å². The molecule has 1 heterocycles. The molecule has 1 amide bonds. The van der Waals surface area contributed by atoms with Crippen LogP contribution in [0.5, 0.6) is 0 Å². The fourth-order valence-corrected chi connectivity index (χ4v) is 2.65. The number of hydrogen-bond donors (Lipinski definition) is 1. The molecule has 5 heteroatoms. The first-order chi connectivity index (χ1) is 10.1. The zero-order chi connectivity index (χ0) is 14.8. The number of nitrogens with zero attached hydrogens (tertiary/aromatic N) is 2. The van der Waals surface area contributed by atoms with Crippen molar-refractivity contribution in [2.24, 2.45) is 0 Å². The summed E-state index contributed by atoms with van der Waals surface area (Å²) in [7, 11) is 0. The molecule has 0 unspecified atom stereocenters. The van der Waals surface area contributed by atoms with Gasteiger partial charge in [-0.1, -0.05) is 18.2 Å². The van der Waals surface area contributed by atoms with E-state index < -0.39 is 5.97 Å². The second-order valence-electron chi connectivity index (χ2n) is 5.46. The van der Waals surface area contributed by atoms with Gasteiger partial charge in [0.15, 0.2) is 0 Å². The highest BCUT2D eigenvalue weighted by Crippen LogP contribution is 2.27. The summed E-state index contributed by atoms with van der Waals surface area (Å²) >= 11 is 0. The number of carboxylic acids is 1. The molecule has 5 nitrogen and oxygen atoms in total. The molecule has 1 aliphatic carbocycles. The maximum absolute atomic E-state index is 12.2. The van der Waals surface area contributed by atoms with Crippen molar-refractivity contribution in [3.63, 3.8) is 0 Å². The van der Waals surface area contributed by atoms with Gasteiger partial charge in [-0.25, -0.2) is 0 Å². The van der Waals surface area contributed by atoms with E-state index in [2.05, 4.69) is 0 Å². The molecule has 1 saturated carbocycles. The van der Waals surface area contributed by atoms with Gasteiger partial charge in [0.1, 0.15) is 6.54 Å². The molecular weight excluding hydrogens is 268 g/mol. The Kier molecular flexibility index (Phi) is 3.64. The van der Waals surface area contributed by atoms with Crippen LogP contribution in [0.15, 0.2) is 36.5 Å². The second-order valence-corrected chi connectivity index (χ2v) is 5.46. The van der Waals surface area contributed by atoms with Crippen molar-refractivity contribution in [2.45, 2.75) is 31.8 Å². The number of aryl methyl sites for hydroxylation is 1. The molecular formula is C16H18N2O3. The van der Waals surface area contributed by atoms with Gasteiger partial charge in [-0.05, 0) is 30.4 Å². The molecule has 0 atom stereocenters. The molecule has 2 aromatic rings. The number of hydrogen-bond acceptors (Lipinski definition) is 2. The molecule has 1 N–H and O–H groups in total. The molecule has 1 aromatic heterocycles. The Morgan fingerprint density at radius 3 is 2.71 bits per heavy atom. The molecule has 0 bridgehead atoms. The maximum Gasteiger partial charge on any atom is 0.323 e. The number of carboxylic acid groups (broad SMARTS) is 1. The standard InChI is InChI=1S/C16H18N2O3/c19-15(18(11-16(20)21)13-5-6-13)8-10-17-9-7-12-3-1-2-4-14(12)17/h1-4,7,9,13H,5-6,8,10-11H2,(H,20,21). The first kappa shape index (κ1) is 13.7. The zero-order valence-corrected chi connectivity index (χ0v) is 11.7. The maximum atomic E-state index is 12.2. The van der Waals surface area contributed by atoms with E-state index in [1.807, 2.05) is 41.1 Å². The van der Waals surface area contributed by atoms with Crippen LogP contribution in [0.3, 0.4) is 0 Å². The minimum atomic E-state index is -0.943. The monoisotopic (exact) mass is 286 g/mol. The highest BCUT2D eigenvalue weighted by Gasteiger charge is 2.33. The lowest BCUT2D eigenvalue weighted by Crippen LogP contribution is -2.37.